The second-order valence-corrected chi connectivity index (χ2v) is 7.17. The quantitative estimate of drug-likeness (QED) is 0.585. The normalized spacial score (nSPS) is 10.8. The summed E-state index contributed by atoms with van der Waals surface area (Å²) in [6, 6.07) is 25.5. The van der Waals surface area contributed by atoms with E-state index in [-0.39, 0.29) is 18.5 Å². The summed E-state index contributed by atoms with van der Waals surface area (Å²) in [6.45, 7) is 0.854. The minimum absolute atomic E-state index is 0.0392. The molecule has 3 aromatic carbocycles. The maximum Gasteiger partial charge on any atom is 0.234 e. The molecule has 0 radical (unpaired) electrons. The zero-order valence-electron chi connectivity index (χ0n) is 17.7. The molecule has 3 aromatic rings. The van der Waals surface area contributed by atoms with Crippen LogP contribution in [-0.2, 0) is 11.3 Å². The van der Waals surface area contributed by atoms with Crippen LogP contribution in [0.3, 0.4) is 0 Å². The number of likely N-dealkylation sites (N-methyl/N-ethyl adjacent to an activating group) is 1. The van der Waals surface area contributed by atoms with E-state index in [0.717, 1.165) is 28.2 Å². The molecule has 0 atom stereocenters. The summed E-state index contributed by atoms with van der Waals surface area (Å²) < 4.78 is 10.7. The molecule has 1 N–H and O–H groups in total. The topological polar surface area (TPSA) is 50.8 Å². The fraction of sp³-hybridized carbons (Fsp3) is 0.240. The van der Waals surface area contributed by atoms with Gasteiger partial charge in [-0.05, 0) is 24.2 Å². The molecule has 0 unspecified atom stereocenters. The van der Waals surface area contributed by atoms with Crippen molar-refractivity contribution in [1.29, 1.82) is 0 Å². The molecule has 0 saturated carbocycles. The second-order valence-electron chi connectivity index (χ2n) is 7.17. The van der Waals surface area contributed by atoms with Crippen molar-refractivity contribution >= 4 is 5.91 Å². The molecule has 0 aliphatic rings. The van der Waals surface area contributed by atoms with Gasteiger partial charge in [0.15, 0.2) is 0 Å². The highest BCUT2D eigenvalue weighted by Gasteiger charge is 2.18. The van der Waals surface area contributed by atoms with Crippen molar-refractivity contribution in [3.05, 3.63) is 95.6 Å². The molecule has 0 aliphatic carbocycles. The average molecular weight is 405 g/mol. The molecule has 3 rings (SSSR count). The van der Waals surface area contributed by atoms with E-state index < -0.39 is 0 Å². The molecule has 0 saturated heterocycles. The lowest BCUT2D eigenvalue weighted by Gasteiger charge is -2.23. The van der Waals surface area contributed by atoms with Gasteiger partial charge >= 0.3 is 0 Å². The van der Waals surface area contributed by atoms with Gasteiger partial charge in [0.1, 0.15) is 11.5 Å². The first kappa shape index (κ1) is 21.4. The van der Waals surface area contributed by atoms with Crippen molar-refractivity contribution in [2.75, 3.05) is 27.8 Å². The molecular weight excluding hydrogens is 376 g/mol. The predicted molar refractivity (Wildman–Crippen MR) is 119 cm³/mol. The zero-order valence-corrected chi connectivity index (χ0v) is 17.7. The summed E-state index contributed by atoms with van der Waals surface area (Å²) in [4.78, 5) is 14.8. The van der Waals surface area contributed by atoms with Crippen LogP contribution >= 0.6 is 0 Å². The van der Waals surface area contributed by atoms with E-state index in [1.54, 1.807) is 14.2 Å². The summed E-state index contributed by atoms with van der Waals surface area (Å²) in [5, 5.41) is 3.18. The highest BCUT2D eigenvalue weighted by molar-refractivity contribution is 5.79. The van der Waals surface area contributed by atoms with Crippen molar-refractivity contribution in [2.45, 2.75) is 12.6 Å². The van der Waals surface area contributed by atoms with Crippen molar-refractivity contribution < 1.29 is 14.3 Å². The Morgan fingerprint density at radius 3 is 2.03 bits per heavy atom. The monoisotopic (exact) mass is 404 g/mol. The molecule has 0 bridgehead atoms. The molecule has 0 aromatic heterocycles. The number of carbonyl (C=O) groups is 1. The van der Waals surface area contributed by atoms with Crippen LogP contribution in [0.1, 0.15) is 22.7 Å². The number of carbonyl (C=O) groups excluding carboxylic acids is 1. The number of benzene rings is 3. The summed E-state index contributed by atoms with van der Waals surface area (Å²) in [5.74, 6) is 1.44. The predicted octanol–water partition coefficient (Wildman–Crippen LogP) is 4.04. The standard InChI is InChI=1S/C25H28N2O3/c1-27(17-21-14-15-22(29-2)16-23(21)30-3)18-24(28)26-25(19-10-6-4-7-11-19)20-12-8-5-9-13-20/h4-16,25H,17-18H2,1-3H3,(H,26,28). The highest BCUT2D eigenvalue weighted by Crippen LogP contribution is 2.26. The Balaban J connectivity index is 1.68. The lowest BCUT2D eigenvalue weighted by atomic mass is 9.99. The Morgan fingerprint density at radius 1 is 0.900 bits per heavy atom. The lowest BCUT2D eigenvalue weighted by Crippen LogP contribution is -2.37. The number of nitrogens with zero attached hydrogens (tertiary/aromatic N) is 1. The molecular formula is C25H28N2O3. The lowest BCUT2D eigenvalue weighted by molar-refractivity contribution is -0.122. The van der Waals surface area contributed by atoms with E-state index in [9.17, 15) is 4.79 Å². The Morgan fingerprint density at radius 2 is 1.50 bits per heavy atom. The van der Waals surface area contributed by atoms with Crippen LogP contribution in [0.25, 0.3) is 0 Å². The number of hydrogen-bond donors (Lipinski definition) is 1. The van der Waals surface area contributed by atoms with E-state index in [1.165, 1.54) is 0 Å². The number of methoxy groups -OCH3 is 2. The third-order valence-corrected chi connectivity index (χ3v) is 4.92. The van der Waals surface area contributed by atoms with Crippen LogP contribution in [0.4, 0.5) is 0 Å². The number of ether oxygens (including phenoxy) is 2. The summed E-state index contributed by atoms with van der Waals surface area (Å²) >= 11 is 0. The van der Waals surface area contributed by atoms with Gasteiger partial charge in [-0.25, -0.2) is 0 Å². The number of amides is 1. The van der Waals surface area contributed by atoms with Gasteiger partial charge in [-0.15, -0.1) is 0 Å². The Kier molecular flexibility index (Phi) is 7.46. The van der Waals surface area contributed by atoms with E-state index in [0.29, 0.717) is 6.54 Å². The second kappa shape index (κ2) is 10.5. The molecule has 0 fully saturated rings. The van der Waals surface area contributed by atoms with Crippen molar-refractivity contribution in [3.63, 3.8) is 0 Å². The molecule has 30 heavy (non-hydrogen) atoms. The summed E-state index contributed by atoms with van der Waals surface area (Å²) in [5.41, 5.74) is 3.10. The van der Waals surface area contributed by atoms with Crippen LogP contribution in [-0.4, -0.2) is 38.6 Å². The Labute approximate surface area is 178 Å². The SMILES string of the molecule is COc1ccc(CN(C)CC(=O)NC(c2ccccc2)c2ccccc2)c(OC)c1. The maximum absolute atomic E-state index is 12.9. The third-order valence-electron chi connectivity index (χ3n) is 4.92. The summed E-state index contributed by atoms with van der Waals surface area (Å²) in [6.07, 6.45) is 0. The molecule has 1 amide bonds. The van der Waals surface area contributed by atoms with Crippen molar-refractivity contribution in [1.82, 2.24) is 10.2 Å². The molecule has 5 nitrogen and oxygen atoms in total. The van der Waals surface area contributed by atoms with Crippen LogP contribution in [0, 0.1) is 0 Å². The molecule has 5 heteroatoms. The minimum Gasteiger partial charge on any atom is -0.497 e. The van der Waals surface area contributed by atoms with Gasteiger partial charge in [0.25, 0.3) is 0 Å². The van der Waals surface area contributed by atoms with Gasteiger partial charge in [-0.3, -0.25) is 9.69 Å². The van der Waals surface area contributed by atoms with Gasteiger partial charge < -0.3 is 14.8 Å². The first-order valence-corrected chi connectivity index (χ1v) is 9.89. The number of nitrogens with one attached hydrogen (secondary N) is 1. The zero-order chi connectivity index (χ0) is 21.3. The molecule has 0 heterocycles. The molecule has 0 aliphatic heterocycles. The van der Waals surface area contributed by atoms with Crippen LogP contribution in [0.2, 0.25) is 0 Å². The van der Waals surface area contributed by atoms with E-state index >= 15 is 0 Å². The number of hydrogen-bond acceptors (Lipinski definition) is 4. The van der Waals surface area contributed by atoms with Crippen LogP contribution in [0.15, 0.2) is 78.9 Å². The minimum atomic E-state index is -0.191. The van der Waals surface area contributed by atoms with Gasteiger partial charge in [0.05, 0.1) is 26.8 Å². The van der Waals surface area contributed by atoms with E-state index in [4.69, 9.17) is 9.47 Å². The highest BCUT2D eigenvalue weighted by atomic mass is 16.5. The van der Waals surface area contributed by atoms with Gasteiger partial charge in [-0.1, -0.05) is 66.7 Å². The van der Waals surface area contributed by atoms with Crippen molar-refractivity contribution in [2.24, 2.45) is 0 Å². The molecule has 156 valence electrons. The number of rotatable bonds is 9. The smallest absolute Gasteiger partial charge is 0.234 e. The van der Waals surface area contributed by atoms with Gasteiger partial charge in [0.2, 0.25) is 5.91 Å². The van der Waals surface area contributed by atoms with Crippen molar-refractivity contribution in [3.8, 4) is 11.5 Å². The van der Waals surface area contributed by atoms with E-state index in [2.05, 4.69) is 5.32 Å². The Hall–Kier alpha value is -3.31. The largest absolute Gasteiger partial charge is 0.497 e. The fourth-order valence-corrected chi connectivity index (χ4v) is 3.43. The fourth-order valence-electron chi connectivity index (χ4n) is 3.43. The molecule has 0 spiro atoms. The van der Waals surface area contributed by atoms with E-state index in [1.807, 2.05) is 90.8 Å². The summed E-state index contributed by atoms with van der Waals surface area (Å²) in [7, 11) is 5.18. The van der Waals surface area contributed by atoms with Crippen LogP contribution in [0.5, 0.6) is 11.5 Å². The average Bonchev–Trinajstić information content (AvgIpc) is 2.78. The van der Waals surface area contributed by atoms with Crippen LogP contribution < -0.4 is 14.8 Å². The first-order chi connectivity index (χ1) is 14.6. The Bertz CT molecular complexity index is 906. The maximum atomic E-state index is 12.9. The first-order valence-electron chi connectivity index (χ1n) is 9.89. The van der Waals surface area contributed by atoms with Gasteiger partial charge in [0, 0.05) is 18.2 Å². The third kappa shape index (κ3) is 5.61. The van der Waals surface area contributed by atoms with Gasteiger partial charge in [-0.2, -0.15) is 0 Å².